The van der Waals surface area contributed by atoms with E-state index in [1.165, 1.54) is 17.0 Å². The van der Waals surface area contributed by atoms with E-state index >= 15 is 4.79 Å². The lowest BCUT2D eigenvalue weighted by molar-refractivity contribution is -0.127. The Morgan fingerprint density at radius 2 is 1.55 bits per heavy atom. The van der Waals surface area contributed by atoms with Crippen molar-refractivity contribution in [2.45, 2.75) is 30.8 Å². The predicted molar refractivity (Wildman–Crippen MR) is 179 cm³/mol. The van der Waals surface area contributed by atoms with Crippen LogP contribution in [0, 0.1) is 23.7 Å². The Labute approximate surface area is 286 Å². The third kappa shape index (κ3) is 4.53. The Bertz CT molecular complexity index is 2060. The third-order valence-corrected chi connectivity index (χ3v) is 11.0. The first-order valence-electron chi connectivity index (χ1n) is 16.1. The van der Waals surface area contributed by atoms with Gasteiger partial charge < -0.3 is 19.6 Å². The van der Waals surface area contributed by atoms with Crippen molar-refractivity contribution in [3.63, 3.8) is 0 Å². The Morgan fingerprint density at radius 1 is 0.816 bits per heavy atom. The number of halogens is 1. The van der Waals surface area contributed by atoms with Crippen LogP contribution in [-0.2, 0) is 31.2 Å². The number of amides is 4. The topological polar surface area (TPSA) is 149 Å². The summed E-state index contributed by atoms with van der Waals surface area (Å²) in [5.74, 6) is -5.15. The number of imide groups is 2. The minimum absolute atomic E-state index is 0.107. The molecule has 49 heavy (non-hydrogen) atoms. The standard InChI is InChI=1S/C37H30BClN2O8/c39-22-9-5-11-24(17-22)41-34(44)29-18-28-26(13-14-27-31(28)35(45)40(33(27)43)23-10-4-8-21(16-23)38(47)48)32(30-15-12-25(19-42)49-30)37(29,36(41)46)20-6-2-1-3-7-20/h1-13,15-17,27-29,31-32,42,47-48H,14,18-19H2. The second-order valence-electron chi connectivity index (χ2n) is 13.0. The summed E-state index contributed by atoms with van der Waals surface area (Å²) in [6, 6.07) is 25.0. The Hall–Kier alpha value is -4.81. The number of fused-ring (bicyclic) bond motifs is 4. The molecule has 4 aromatic rings. The van der Waals surface area contributed by atoms with Gasteiger partial charge in [-0.1, -0.05) is 71.8 Å². The molecule has 2 aliphatic carbocycles. The zero-order chi connectivity index (χ0) is 34.2. The largest absolute Gasteiger partial charge is 0.488 e. The van der Waals surface area contributed by atoms with E-state index in [2.05, 4.69) is 0 Å². The van der Waals surface area contributed by atoms with Crippen molar-refractivity contribution in [1.29, 1.82) is 0 Å². The molecule has 3 fully saturated rings. The number of hydrogen-bond donors (Lipinski definition) is 3. The van der Waals surface area contributed by atoms with Crippen LogP contribution in [0.4, 0.5) is 11.4 Å². The summed E-state index contributed by atoms with van der Waals surface area (Å²) in [6.07, 6.45) is 2.23. The normalized spacial score (nSPS) is 27.6. The van der Waals surface area contributed by atoms with Crippen LogP contribution in [0.15, 0.2) is 107 Å². The molecule has 8 rings (SSSR count). The summed E-state index contributed by atoms with van der Waals surface area (Å²) in [6.45, 7) is -0.382. The molecule has 0 spiro atoms. The van der Waals surface area contributed by atoms with Gasteiger partial charge in [0.15, 0.2) is 0 Å². The molecule has 6 unspecified atom stereocenters. The SMILES string of the molecule is O=C1C2CC=C3C(CC4C(=O)N(c5cccc(Cl)c5)C(=O)C4(c4ccccc4)C3c3ccc(CO)o3)C2C(=O)N1c1cccc(B(O)O)c1. The summed E-state index contributed by atoms with van der Waals surface area (Å²) in [5.41, 5.74) is 0.506. The summed E-state index contributed by atoms with van der Waals surface area (Å²) in [7, 11) is -1.79. The summed E-state index contributed by atoms with van der Waals surface area (Å²) in [4.78, 5) is 60.6. The molecule has 0 bridgehead atoms. The van der Waals surface area contributed by atoms with Gasteiger partial charge in [0.2, 0.25) is 23.6 Å². The van der Waals surface area contributed by atoms with Crippen molar-refractivity contribution >= 4 is 59.2 Å². The van der Waals surface area contributed by atoms with E-state index in [-0.39, 0.29) is 36.4 Å². The van der Waals surface area contributed by atoms with Crippen molar-refractivity contribution in [3.05, 3.63) is 125 Å². The molecular weight excluding hydrogens is 647 g/mol. The highest BCUT2D eigenvalue weighted by molar-refractivity contribution is 6.58. The number of carbonyl (C=O) groups is 4. The van der Waals surface area contributed by atoms with Crippen molar-refractivity contribution in [2.75, 3.05) is 9.80 Å². The summed E-state index contributed by atoms with van der Waals surface area (Å²) in [5, 5.41) is 29.9. The maximum Gasteiger partial charge on any atom is 0.488 e. The molecule has 1 saturated carbocycles. The average Bonchev–Trinajstić information content (AvgIpc) is 3.75. The summed E-state index contributed by atoms with van der Waals surface area (Å²) < 4.78 is 6.20. The van der Waals surface area contributed by atoms with Crippen molar-refractivity contribution in [2.24, 2.45) is 23.7 Å². The molecule has 10 nitrogen and oxygen atoms in total. The van der Waals surface area contributed by atoms with Gasteiger partial charge in [0.1, 0.15) is 23.5 Å². The first-order valence-corrected chi connectivity index (χ1v) is 16.5. The lowest BCUT2D eigenvalue weighted by atomic mass is 9.50. The van der Waals surface area contributed by atoms with Gasteiger partial charge in [-0.25, -0.2) is 4.90 Å². The maximum absolute atomic E-state index is 15.2. The maximum atomic E-state index is 15.2. The molecule has 246 valence electrons. The number of benzene rings is 3. The number of aliphatic hydroxyl groups is 1. The molecule has 12 heteroatoms. The Morgan fingerprint density at radius 3 is 2.24 bits per heavy atom. The molecule has 3 aromatic carbocycles. The van der Waals surface area contributed by atoms with Crippen LogP contribution in [0.2, 0.25) is 5.02 Å². The van der Waals surface area contributed by atoms with Gasteiger partial charge in [0, 0.05) is 5.02 Å². The van der Waals surface area contributed by atoms with E-state index in [1.54, 1.807) is 48.5 Å². The minimum atomic E-state index is -1.79. The first-order chi connectivity index (χ1) is 23.7. The first kappa shape index (κ1) is 31.5. The van der Waals surface area contributed by atoms with E-state index in [1.807, 2.05) is 36.4 Å². The lowest BCUT2D eigenvalue weighted by Gasteiger charge is -2.49. The highest BCUT2D eigenvalue weighted by Crippen LogP contribution is 2.64. The molecule has 2 saturated heterocycles. The fourth-order valence-corrected chi connectivity index (χ4v) is 8.95. The molecule has 6 atom stereocenters. The molecule has 1 aromatic heterocycles. The molecule has 2 aliphatic heterocycles. The van der Waals surface area contributed by atoms with E-state index in [0.717, 1.165) is 10.5 Å². The van der Waals surface area contributed by atoms with Crippen molar-refractivity contribution in [1.82, 2.24) is 0 Å². The van der Waals surface area contributed by atoms with E-state index in [4.69, 9.17) is 16.0 Å². The molecule has 3 N–H and O–H groups in total. The van der Waals surface area contributed by atoms with Gasteiger partial charge in [-0.05, 0) is 72.3 Å². The Balaban J connectivity index is 1.32. The smallest absolute Gasteiger partial charge is 0.463 e. The number of anilines is 2. The number of hydrogen-bond acceptors (Lipinski definition) is 8. The number of allylic oxidation sites excluding steroid dienone is 2. The second-order valence-corrected chi connectivity index (χ2v) is 13.5. The number of furan rings is 1. The number of aliphatic hydroxyl groups excluding tert-OH is 1. The number of rotatable bonds is 6. The van der Waals surface area contributed by atoms with Gasteiger partial charge >= 0.3 is 7.12 Å². The molecule has 3 heterocycles. The van der Waals surface area contributed by atoms with E-state index in [0.29, 0.717) is 22.0 Å². The van der Waals surface area contributed by atoms with E-state index < -0.39 is 65.8 Å². The van der Waals surface area contributed by atoms with E-state index in [9.17, 15) is 29.5 Å². The highest BCUT2D eigenvalue weighted by atomic mass is 35.5. The fraction of sp³-hybridized carbons (Fsp3) is 0.243. The van der Waals surface area contributed by atoms with Crippen LogP contribution in [0.3, 0.4) is 0 Å². The highest BCUT2D eigenvalue weighted by Gasteiger charge is 2.71. The van der Waals surface area contributed by atoms with Gasteiger partial charge in [0.25, 0.3) is 0 Å². The summed E-state index contributed by atoms with van der Waals surface area (Å²) >= 11 is 6.35. The van der Waals surface area contributed by atoms with Gasteiger partial charge in [0.05, 0.1) is 35.0 Å². The van der Waals surface area contributed by atoms with Crippen LogP contribution in [0.1, 0.15) is 35.8 Å². The van der Waals surface area contributed by atoms with Gasteiger partial charge in [-0.2, -0.15) is 0 Å². The van der Waals surface area contributed by atoms with Crippen LogP contribution in [0.5, 0.6) is 0 Å². The number of nitrogens with zero attached hydrogens (tertiary/aromatic N) is 2. The predicted octanol–water partition coefficient (Wildman–Crippen LogP) is 3.47. The lowest BCUT2D eigenvalue weighted by Crippen LogP contribution is -2.53. The van der Waals surface area contributed by atoms with Crippen LogP contribution >= 0.6 is 11.6 Å². The third-order valence-electron chi connectivity index (χ3n) is 10.7. The molecule has 4 amide bonds. The molecule has 4 aliphatic rings. The second kappa shape index (κ2) is 11.7. The zero-order valence-electron chi connectivity index (χ0n) is 26.0. The monoisotopic (exact) mass is 676 g/mol. The quantitative estimate of drug-likeness (QED) is 0.160. The van der Waals surface area contributed by atoms with Crippen molar-refractivity contribution < 1.29 is 38.7 Å². The fourth-order valence-electron chi connectivity index (χ4n) is 8.77. The van der Waals surface area contributed by atoms with Gasteiger partial charge in [-0.3, -0.25) is 24.1 Å². The minimum Gasteiger partial charge on any atom is -0.463 e. The van der Waals surface area contributed by atoms with Crippen LogP contribution in [-0.4, -0.2) is 45.9 Å². The molecule has 0 radical (unpaired) electrons. The zero-order valence-corrected chi connectivity index (χ0v) is 26.7. The van der Waals surface area contributed by atoms with Crippen LogP contribution < -0.4 is 15.3 Å². The molecular formula is C37H30BClN2O8. The Kier molecular flexibility index (Phi) is 7.49. The van der Waals surface area contributed by atoms with Crippen LogP contribution in [0.25, 0.3) is 0 Å². The average molecular weight is 677 g/mol. The number of carbonyl (C=O) groups excluding carboxylic acids is 4. The van der Waals surface area contributed by atoms with Crippen molar-refractivity contribution in [3.8, 4) is 0 Å². The van der Waals surface area contributed by atoms with Gasteiger partial charge in [-0.15, -0.1) is 0 Å².